The predicted octanol–water partition coefficient (Wildman–Crippen LogP) is 2.29. The lowest BCUT2D eigenvalue weighted by atomic mass is 10.0. The first kappa shape index (κ1) is 19.3. The van der Waals surface area contributed by atoms with E-state index in [9.17, 15) is 9.59 Å². The molecular weight excluding hydrogens is 340 g/mol. The zero-order chi connectivity index (χ0) is 19.1. The largest absolute Gasteiger partial charge is 0.354 e. The SMILES string of the molecule is CC1CCCCN1CCCNC(=O)Cn1nc(-c2ccccc2)ccc1=O. The highest BCUT2D eigenvalue weighted by atomic mass is 16.2. The van der Waals surface area contributed by atoms with Gasteiger partial charge < -0.3 is 10.2 Å². The Hall–Kier alpha value is -2.47. The lowest BCUT2D eigenvalue weighted by Gasteiger charge is -2.33. The number of carbonyl (C=O) groups is 1. The van der Waals surface area contributed by atoms with Crippen LogP contribution in [0.15, 0.2) is 47.3 Å². The van der Waals surface area contributed by atoms with Crippen molar-refractivity contribution >= 4 is 5.91 Å². The maximum atomic E-state index is 12.2. The third kappa shape index (κ3) is 5.50. The maximum Gasteiger partial charge on any atom is 0.267 e. The minimum atomic E-state index is -0.271. The van der Waals surface area contributed by atoms with Gasteiger partial charge in [0.15, 0.2) is 0 Å². The molecular formula is C21H28N4O2. The van der Waals surface area contributed by atoms with Gasteiger partial charge in [0.1, 0.15) is 6.54 Å². The van der Waals surface area contributed by atoms with Crippen LogP contribution in [0.3, 0.4) is 0 Å². The van der Waals surface area contributed by atoms with Gasteiger partial charge in [-0.3, -0.25) is 9.59 Å². The second-order valence-corrected chi connectivity index (χ2v) is 7.16. The van der Waals surface area contributed by atoms with Crippen LogP contribution in [-0.2, 0) is 11.3 Å². The van der Waals surface area contributed by atoms with Gasteiger partial charge >= 0.3 is 0 Å². The van der Waals surface area contributed by atoms with Crippen molar-refractivity contribution in [1.29, 1.82) is 0 Å². The lowest BCUT2D eigenvalue weighted by Crippen LogP contribution is -2.39. The topological polar surface area (TPSA) is 67.2 Å². The summed E-state index contributed by atoms with van der Waals surface area (Å²) in [5.41, 5.74) is 1.33. The van der Waals surface area contributed by atoms with Gasteiger partial charge in [0.2, 0.25) is 5.91 Å². The number of hydrogen-bond donors (Lipinski definition) is 1. The van der Waals surface area contributed by atoms with Crippen LogP contribution >= 0.6 is 0 Å². The summed E-state index contributed by atoms with van der Waals surface area (Å²) >= 11 is 0. The molecule has 1 amide bonds. The number of carbonyl (C=O) groups excluding carboxylic acids is 1. The molecule has 1 atom stereocenters. The summed E-state index contributed by atoms with van der Waals surface area (Å²) in [5, 5.41) is 7.24. The van der Waals surface area contributed by atoms with E-state index < -0.39 is 0 Å². The number of benzene rings is 1. The van der Waals surface area contributed by atoms with Crippen molar-refractivity contribution in [3.05, 3.63) is 52.8 Å². The van der Waals surface area contributed by atoms with E-state index >= 15 is 0 Å². The van der Waals surface area contributed by atoms with Crippen LogP contribution in [0.5, 0.6) is 0 Å². The molecule has 1 aromatic carbocycles. The standard InChI is InChI=1S/C21H28N4O2/c1-17-8-5-6-14-24(17)15-7-13-22-20(26)16-25-21(27)12-11-19(23-25)18-9-3-2-4-10-18/h2-4,9-12,17H,5-8,13-16H2,1H3,(H,22,26). The molecule has 1 aliphatic heterocycles. The fraction of sp³-hybridized carbons (Fsp3) is 0.476. The Morgan fingerprint density at radius 2 is 2.00 bits per heavy atom. The van der Waals surface area contributed by atoms with Crippen molar-refractivity contribution in [2.24, 2.45) is 0 Å². The van der Waals surface area contributed by atoms with Gasteiger partial charge in [-0.05, 0) is 38.8 Å². The average molecular weight is 368 g/mol. The van der Waals surface area contributed by atoms with Crippen molar-refractivity contribution in [3.63, 3.8) is 0 Å². The fourth-order valence-electron chi connectivity index (χ4n) is 3.52. The lowest BCUT2D eigenvalue weighted by molar-refractivity contribution is -0.121. The molecule has 0 aliphatic carbocycles. The summed E-state index contributed by atoms with van der Waals surface area (Å²) in [6, 6.07) is 13.4. The normalized spacial score (nSPS) is 17.6. The molecule has 1 aliphatic rings. The zero-order valence-electron chi connectivity index (χ0n) is 15.9. The number of hydrogen-bond acceptors (Lipinski definition) is 4. The molecule has 144 valence electrons. The highest BCUT2D eigenvalue weighted by molar-refractivity contribution is 5.75. The maximum absolute atomic E-state index is 12.2. The molecule has 1 fully saturated rings. The van der Waals surface area contributed by atoms with Crippen molar-refractivity contribution in [1.82, 2.24) is 20.0 Å². The second-order valence-electron chi connectivity index (χ2n) is 7.16. The van der Waals surface area contributed by atoms with Crippen LogP contribution in [0.2, 0.25) is 0 Å². The molecule has 6 nitrogen and oxygen atoms in total. The van der Waals surface area contributed by atoms with E-state index in [4.69, 9.17) is 0 Å². The summed E-state index contributed by atoms with van der Waals surface area (Å²) < 4.78 is 1.23. The van der Waals surface area contributed by atoms with Gasteiger partial charge in [-0.15, -0.1) is 0 Å². The first-order valence-corrected chi connectivity index (χ1v) is 9.78. The van der Waals surface area contributed by atoms with E-state index in [0.717, 1.165) is 25.1 Å². The molecule has 0 radical (unpaired) electrons. The second kappa shape index (κ2) is 9.46. The van der Waals surface area contributed by atoms with E-state index in [1.54, 1.807) is 6.07 Å². The Morgan fingerprint density at radius 1 is 1.19 bits per heavy atom. The van der Waals surface area contributed by atoms with Crippen LogP contribution in [0, 0.1) is 0 Å². The van der Waals surface area contributed by atoms with Gasteiger partial charge in [0.25, 0.3) is 5.56 Å². The molecule has 27 heavy (non-hydrogen) atoms. The number of rotatable bonds is 7. The first-order chi connectivity index (χ1) is 13.1. The summed E-state index contributed by atoms with van der Waals surface area (Å²) in [4.78, 5) is 26.7. The van der Waals surface area contributed by atoms with Gasteiger partial charge in [-0.1, -0.05) is 36.8 Å². The predicted molar refractivity (Wildman–Crippen MR) is 106 cm³/mol. The molecule has 0 spiro atoms. The Balaban J connectivity index is 1.49. The van der Waals surface area contributed by atoms with Crippen LogP contribution in [-0.4, -0.2) is 46.3 Å². The molecule has 0 saturated carbocycles. The fourth-order valence-corrected chi connectivity index (χ4v) is 3.52. The van der Waals surface area contributed by atoms with E-state index in [1.165, 1.54) is 30.0 Å². The van der Waals surface area contributed by atoms with Gasteiger partial charge in [-0.2, -0.15) is 5.10 Å². The highest BCUT2D eigenvalue weighted by Crippen LogP contribution is 2.16. The van der Waals surface area contributed by atoms with Crippen molar-refractivity contribution in [3.8, 4) is 11.3 Å². The molecule has 1 aromatic heterocycles. The first-order valence-electron chi connectivity index (χ1n) is 9.78. The molecule has 2 aromatic rings. The number of likely N-dealkylation sites (tertiary alicyclic amines) is 1. The minimum Gasteiger partial charge on any atom is -0.354 e. The monoisotopic (exact) mass is 368 g/mol. The summed E-state index contributed by atoms with van der Waals surface area (Å²) in [5.74, 6) is -0.179. The summed E-state index contributed by atoms with van der Waals surface area (Å²) in [6.07, 6.45) is 4.77. The average Bonchev–Trinajstić information content (AvgIpc) is 2.69. The minimum absolute atomic E-state index is 0.0559. The van der Waals surface area contributed by atoms with Crippen molar-refractivity contribution < 1.29 is 4.79 Å². The molecule has 6 heteroatoms. The Kier molecular flexibility index (Phi) is 6.76. The molecule has 2 heterocycles. The number of aromatic nitrogens is 2. The Bertz CT molecular complexity index is 803. The smallest absolute Gasteiger partial charge is 0.267 e. The Morgan fingerprint density at radius 3 is 2.78 bits per heavy atom. The van der Waals surface area contributed by atoms with E-state index in [1.807, 2.05) is 30.3 Å². The third-order valence-electron chi connectivity index (χ3n) is 5.11. The Labute approximate surface area is 160 Å². The quantitative estimate of drug-likeness (QED) is 0.762. The molecule has 1 unspecified atom stereocenters. The molecule has 3 rings (SSSR count). The number of piperidine rings is 1. The van der Waals surface area contributed by atoms with Crippen molar-refractivity contribution in [2.45, 2.75) is 45.2 Å². The van der Waals surface area contributed by atoms with Crippen LogP contribution in [0.4, 0.5) is 0 Å². The molecule has 1 N–H and O–H groups in total. The molecule has 0 bridgehead atoms. The van der Waals surface area contributed by atoms with Crippen LogP contribution in [0.1, 0.15) is 32.6 Å². The third-order valence-corrected chi connectivity index (χ3v) is 5.11. The van der Waals surface area contributed by atoms with Crippen LogP contribution in [0.25, 0.3) is 11.3 Å². The number of nitrogens with zero attached hydrogens (tertiary/aromatic N) is 3. The number of nitrogens with one attached hydrogen (secondary N) is 1. The van der Waals surface area contributed by atoms with Gasteiger partial charge in [-0.25, -0.2) is 4.68 Å². The van der Waals surface area contributed by atoms with Gasteiger partial charge in [0, 0.05) is 30.8 Å². The number of amides is 1. The zero-order valence-corrected chi connectivity index (χ0v) is 15.9. The highest BCUT2D eigenvalue weighted by Gasteiger charge is 2.17. The van der Waals surface area contributed by atoms with Crippen LogP contribution < -0.4 is 10.9 Å². The molecule has 1 saturated heterocycles. The summed E-state index contributed by atoms with van der Waals surface area (Å²) in [7, 11) is 0. The van der Waals surface area contributed by atoms with E-state index in [-0.39, 0.29) is 18.0 Å². The van der Waals surface area contributed by atoms with E-state index in [2.05, 4.69) is 22.2 Å². The van der Waals surface area contributed by atoms with Gasteiger partial charge in [0.05, 0.1) is 5.69 Å². The summed E-state index contributed by atoms with van der Waals surface area (Å²) in [6.45, 7) is 4.99. The van der Waals surface area contributed by atoms with Crippen molar-refractivity contribution in [2.75, 3.05) is 19.6 Å². The van der Waals surface area contributed by atoms with E-state index in [0.29, 0.717) is 18.3 Å².